The van der Waals surface area contributed by atoms with E-state index in [1.165, 1.54) is 18.0 Å². The van der Waals surface area contributed by atoms with Crippen molar-refractivity contribution in [2.75, 3.05) is 5.75 Å². The summed E-state index contributed by atoms with van der Waals surface area (Å²) in [6, 6.07) is 21.8. The van der Waals surface area contributed by atoms with Crippen LogP contribution in [-0.2, 0) is 4.79 Å². The summed E-state index contributed by atoms with van der Waals surface area (Å²) in [5, 5.41) is 15.0. The van der Waals surface area contributed by atoms with E-state index in [-0.39, 0.29) is 11.7 Å². The highest BCUT2D eigenvalue weighted by atomic mass is 35.5. The summed E-state index contributed by atoms with van der Waals surface area (Å²) in [6.07, 6.45) is 1.50. The summed E-state index contributed by atoms with van der Waals surface area (Å²) in [5.74, 6) is 0.419. The Morgan fingerprint density at radius 1 is 0.939 bits per heavy atom. The molecule has 10 heteroatoms. The van der Waals surface area contributed by atoms with Crippen LogP contribution < -0.4 is 5.43 Å². The van der Waals surface area contributed by atoms with E-state index in [9.17, 15) is 4.79 Å². The molecule has 0 saturated heterocycles. The van der Waals surface area contributed by atoms with E-state index in [4.69, 9.17) is 34.8 Å². The number of hydrogen-bond donors (Lipinski definition) is 1. The number of benzene rings is 3. The number of hydrazone groups is 1. The molecule has 0 aliphatic rings. The van der Waals surface area contributed by atoms with Gasteiger partial charge >= 0.3 is 0 Å². The number of hydrogen-bond acceptors (Lipinski definition) is 5. The van der Waals surface area contributed by atoms with Crippen LogP contribution in [0.5, 0.6) is 0 Å². The molecule has 1 aromatic heterocycles. The number of aromatic nitrogens is 3. The molecule has 3 aromatic carbocycles. The van der Waals surface area contributed by atoms with Gasteiger partial charge in [-0.1, -0.05) is 64.8 Å². The molecular weight excluding hydrogens is 501 g/mol. The van der Waals surface area contributed by atoms with Gasteiger partial charge in [-0.2, -0.15) is 5.10 Å². The van der Waals surface area contributed by atoms with Gasteiger partial charge in [-0.25, -0.2) is 5.43 Å². The zero-order valence-electron chi connectivity index (χ0n) is 17.0. The van der Waals surface area contributed by atoms with Crippen LogP contribution in [0, 0.1) is 0 Å². The summed E-state index contributed by atoms with van der Waals surface area (Å²) < 4.78 is 1.87. The van der Waals surface area contributed by atoms with Crippen molar-refractivity contribution in [2.24, 2.45) is 5.10 Å². The Morgan fingerprint density at radius 2 is 1.61 bits per heavy atom. The van der Waals surface area contributed by atoms with Crippen LogP contribution in [0.1, 0.15) is 5.56 Å². The van der Waals surface area contributed by atoms with Gasteiger partial charge in [-0.05, 0) is 54.6 Å². The Balaban J connectivity index is 1.52. The fourth-order valence-corrected chi connectivity index (χ4v) is 4.07. The molecule has 0 atom stereocenters. The first-order chi connectivity index (χ1) is 16.0. The van der Waals surface area contributed by atoms with E-state index in [0.717, 1.165) is 11.3 Å². The second-order valence-corrected chi connectivity index (χ2v) is 8.95. The van der Waals surface area contributed by atoms with E-state index >= 15 is 0 Å². The fourth-order valence-electron chi connectivity index (χ4n) is 2.89. The molecule has 1 N–H and O–H groups in total. The number of carbonyl (C=O) groups excluding carboxylic acids is 1. The van der Waals surface area contributed by atoms with Gasteiger partial charge in [0.15, 0.2) is 11.0 Å². The number of nitrogens with one attached hydrogen (secondary N) is 1. The normalized spacial score (nSPS) is 11.1. The van der Waals surface area contributed by atoms with E-state index in [0.29, 0.717) is 31.6 Å². The fraction of sp³-hybridized carbons (Fsp3) is 0.0435. The number of rotatable bonds is 7. The summed E-state index contributed by atoms with van der Waals surface area (Å²) >= 11 is 19.4. The van der Waals surface area contributed by atoms with Crippen molar-refractivity contribution in [1.82, 2.24) is 20.2 Å². The SMILES string of the molecule is O=C(CSc1nnc(-c2ccc(Cl)cc2)n1-c1ccc(Cl)cc1)N/N=C/c1ccccc1Cl. The van der Waals surface area contributed by atoms with Crippen molar-refractivity contribution in [3.05, 3.63) is 93.4 Å². The van der Waals surface area contributed by atoms with Crippen LogP contribution in [0.2, 0.25) is 15.1 Å². The van der Waals surface area contributed by atoms with E-state index in [2.05, 4.69) is 20.7 Å². The minimum Gasteiger partial charge on any atom is -0.272 e. The van der Waals surface area contributed by atoms with Crippen molar-refractivity contribution in [1.29, 1.82) is 0 Å². The van der Waals surface area contributed by atoms with Gasteiger partial charge < -0.3 is 0 Å². The standard InChI is InChI=1S/C23H16Cl3N5OS/c24-17-7-5-15(6-8-17)22-29-30-23(31(22)19-11-9-18(25)10-12-19)33-14-21(32)28-27-13-16-3-1-2-4-20(16)26/h1-13H,14H2,(H,28,32)/b27-13+. The van der Waals surface area contributed by atoms with Crippen LogP contribution in [-0.4, -0.2) is 32.6 Å². The second-order valence-electron chi connectivity index (χ2n) is 6.73. The van der Waals surface area contributed by atoms with E-state index < -0.39 is 0 Å². The summed E-state index contributed by atoms with van der Waals surface area (Å²) in [7, 11) is 0. The van der Waals surface area contributed by atoms with Crippen molar-refractivity contribution < 1.29 is 4.79 Å². The molecule has 33 heavy (non-hydrogen) atoms. The van der Waals surface area contributed by atoms with Crippen molar-refractivity contribution >= 4 is 58.7 Å². The average molecular weight is 517 g/mol. The Kier molecular flexibility index (Phi) is 7.67. The average Bonchev–Trinajstić information content (AvgIpc) is 3.24. The number of nitrogens with zero attached hydrogens (tertiary/aromatic N) is 4. The zero-order valence-corrected chi connectivity index (χ0v) is 20.0. The first-order valence-electron chi connectivity index (χ1n) is 9.68. The lowest BCUT2D eigenvalue weighted by Gasteiger charge is -2.10. The van der Waals surface area contributed by atoms with Gasteiger partial charge in [0.1, 0.15) is 0 Å². The lowest BCUT2D eigenvalue weighted by molar-refractivity contribution is -0.118. The minimum absolute atomic E-state index is 0.0895. The predicted octanol–water partition coefficient (Wildman–Crippen LogP) is 6.14. The van der Waals surface area contributed by atoms with Crippen molar-refractivity contribution in [2.45, 2.75) is 5.16 Å². The molecular formula is C23H16Cl3N5OS. The van der Waals surface area contributed by atoms with Gasteiger partial charge in [0.05, 0.1) is 12.0 Å². The monoisotopic (exact) mass is 515 g/mol. The highest BCUT2D eigenvalue weighted by Gasteiger charge is 2.17. The van der Waals surface area contributed by atoms with Crippen LogP contribution in [0.4, 0.5) is 0 Å². The molecule has 0 unspecified atom stereocenters. The Morgan fingerprint density at radius 3 is 2.30 bits per heavy atom. The van der Waals surface area contributed by atoms with Crippen LogP contribution in [0.25, 0.3) is 17.1 Å². The third-order valence-corrected chi connectivity index (χ3v) is 6.23. The molecule has 0 radical (unpaired) electrons. The topological polar surface area (TPSA) is 72.2 Å². The summed E-state index contributed by atoms with van der Waals surface area (Å²) in [4.78, 5) is 12.3. The number of carbonyl (C=O) groups is 1. The smallest absolute Gasteiger partial charge is 0.250 e. The van der Waals surface area contributed by atoms with Crippen LogP contribution >= 0.6 is 46.6 Å². The highest BCUT2D eigenvalue weighted by molar-refractivity contribution is 7.99. The maximum absolute atomic E-state index is 12.3. The van der Waals surface area contributed by atoms with Crippen molar-refractivity contribution in [3.63, 3.8) is 0 Å². The van der Waals surface area contributed by atoms with Crippen LogP contribution in [0.15, 0.2) is 83.1 Å². The van der Waals surface area contributed by atoms with Gasteiger partial charge in [-0.15, -0.1) is 10.2 Å². The third kappa shape index (κ3) is 5.94. The second kappa shape index (κ2) is 10.9. The van der Waals surface area contributed by atoms with E-state index in [1.807, 2.05) is 41.0 Å². The van der Waals surface area contributed by atoms with Gasteiger partial charge in [-0.3, -0.25) is 9.36 Å². The maximum atomic E-state index is 12.3. The highest BCUT2D eigenvalue weighted by Crippen LogP contribution is 2.29. The minimum atomic E-state index is -0.290. The molecule has 0 saturated carbocycles. The summed E-state index contributed by atoms with van der Waals surface area (Å²) in [5.41, 5.74) is 4.86. The van der Waals surface area contributed by atoms with Crippen LogP contribution in [0.3, 0.4) is 0 Å². The summed E-state index contributed by atoms with van der Waals surface area (Å²) in [6.45, 7) is 0. The molecule has 0 aliphatic heterocycles. The molecule has 0 fully saturated rings. The largest absolute Gasteiger partial charge is 0.272 e. The van der Waals surface area contributed by atoms with Gasteiger partial charge in [0.25, 0.3) is 5.91 Å². The first-order valence-corrected chi connectivity index (χ1v) is 11.8. The quantitative estimate of drug-likeness (QED) is 0.182. The molecule has 0 spiro atoms. The molecule has 1 heterocycles. The predicted molar refractivity (Wildman–Crippen MR) is 135 cm³/mol. The first kappa shape index (κ1) is 23.3. The Hall–Kier alpha value is -2.84. The molecule has 6 nitrogen and oxygen atoms in total. The van der Waals surface area contributed by atoms with Gasteiger partial charge in [0, 0.05) is 31.9 Å². The number of thioether (sulfide) groups is 1. The lowest BCUT2D eigenvalue weighted by atomic mass is 10.2. The zero-order chi connectivity index (χ0) is 23.2. The molecule has 4 rings (SSSR count). The number of halogens is 3. The van der Waals surface area contributed by atoms with Gasteiger partial charge in [0.2, 0.25) is 0 Å². The molecule has 1 amide bonds. The lowest BCUT2D eigenvalue weighted by Crippen LogP contribution is -2.20. The molecule has 0 aliphatic carbocycles. The third-order valence-electron chi connectivity index (χ3n) is 4.45. The Bertz CT molecular complexity index is 1290. The van der Waals surface area contributed by atoms with Crippen molar-refractivity contribution in [3.8, 4) is 17.1 Å². The molecule has 4 aromatic rings. The van der Waals surface area contributed by atoms with E-state index in [1.54, 1.807) is 36.4 Å². The maximum Gasteiger partial charge on any atom is 0.250 e. The Labute approximate surface area is 209 Å². The number of amides is 1. The molecule has 166 valence electrons. The molecule has 0 bridgehead atoms.